The van der Waals surface area contributed by atoms with E-state index in [1.807, 2.05) is 12.1 Å². The van der Waals surface area contributed by atoms with Crippen LogP contribution in [0.2, 0.25) is 0 Å². The van der Waals surface area contributed by atoms with E-state index in [0.717, 1.165) is 30.8 Å². The lowest BCUT2D eigenvalue weighted by Crippen LogP contribution is -2.45. The fraction of sp³-hybridized carbons (Fsp3) is 0.294. The Labute approximate surface area is 135 Å². The van der Waals surface area contributed by atoms with Gasteiger partial charge in [0, 0.05) is 32.2 Å². The van der Waals surface area contributed by atoms with Crippen molar-refractivity contribution < 1.29 is 8.78 Å². The van der Waals surface area contributed by atoms with E-state index in [-0.39, 0.29) is 30.1 Å². The summed E-state index contributed by atoms with van der Waals surface area (Å²) in [5, 5.41) is 3.34. The van der Waals surface area contributed by atoms with Crippen molar-refractivity contribution >= 4 is 12.4 Å². The van der Waals surface area contributed by atoms with Gasteiger partial charge in [-0.15, -0.1) is 12.4 Å². The van der Waals surface area contributed by atoms with Crippen LogP contribution in [-0.4, -0.2) is 24.5 Å². The predicted molar refractivity (Wildman–Crippen MR) is 86.1 cm³/mol. The Morgan fingerprint density at radius 2 is 1.77 bits per heavy atom. The molecule has 0 spiro atoms. The van der Waals surface area contributed by atoms with Crippen LogP contribution < -0.4 is 5.32 Å². The van der Waals surface area contributed by atoms with Gasteiger partial charge in [-0.3, -0.25) is 4.90 Å². The Morgan fingerprint density at radius 1 is 1.05 bits per heavy atom. The van der Waals surface area contributed by atoms with Gasteiger partial charge in [-0.25, -0.2) is 8.78 Å². The fourth-order valence-corrected chi connectivity index (χ4v) is 2.85. The first-order chi connectivity index (χ1) is 10.2. The monoisotopic (exact) mass is 324 g/mol. The van der Waals surface area contributed by atoms with Crippen LogP contribution in [0.25, 0.3) is 0 Å². The molecule has 5 heteroatoms. The SMILES string of the molecule is Cl.Fc1cccc(CN2CCNCC2c2cccc(F)c2)c1. The van der Waals surface area contributed by atoms with Crippen LogP contribution in [0.3, 0.4) is 0 Å². The van der Waals surface area contributed by atoms with Crippen LogP contribution in [0.15, 0.2) is 48.5 Å². The largest absolute Gasteiger partial charge is 0.314 e. The third-order valence-electron chi connectivity index (χ3n) is 3.86. The molecule has 1 aliphatic rings. The van der Waals surface area contributed by atoms with Gasteiger partial charge >= 0.3 is 0 Å². The molecule has 1 fully saturated rings. The molecular weight excluding hydrogens is 306 g/mol. The second kappa shape index (κ2) is 7.68. The number of benzene rings is 2. The van der Waals surface area contributed by atoms with Crippen LogP contribution in [-0.2, 0) is 6.54 Å². The molecule has 2 nitrogen and oxygen atoms in total. The van der Waals surface area contributed by atoms with Crippen molar-refractivity contribution in [3.8, 4) is 0 Å². The summed E-state index contributed by atoms with van der Waals surface area (Å²) >= 11 is 0. The van der Waals surface area contributed by atoms with Crippen molar-refractivity contribution in [3.05, 3.63) is 71.3 Å². The van der Waals surface area contributed by atoms with E-state index < -0.39 is 0 Å². The number of hydrogen-bond acceptors (Lipinski definition) is 2. The predicted octanol–water partition coefficient (Wildman–Crippen LogP) is 3.53. The molecule has 22 heavy (non-hydrogen) atoms. The summed E-state index contributed by atoms with van der Waals surface area (Å²) in [7, 11) is 0. The molecule has 0 aromatic heterocycles. The molecule has 0 amide bonds. The van der Waals surface area contributed by atoms with Gasteiger partial charge < -0.3 is 5.32 Å². The van der Waals surface area contributed by atoms with Gasteiger partial charge in [-0.2, -0.15) is 0 Å². The Hall–Kier alpha value is -1.49. The summed E-state index contributed by atoms with van der Waals surface area (Å²) in [6, 6.07) is 13.5. The minimum atomic E-state index is -0.219. The summed E-state index contributed by atoms with van der Waals surface area (Å²) in [6.07, 6.45) is 0. The molecule has 2 aromatic carbocycles. The summed E-state index contributed by atoms with van der Waals surface area (Å²) in [6.45, 7) is 3.19. The Bertz CT molecular complexity index is 621. The van der Waals surface area contributed by atoms with Crippen LogP contribution >= 0.6 is 12.4 Å². The van der Waals surface area contributed by atoms with E-state index in [0.29, 0.717) is 6.54 Å². The Balaban J connectivity index is 0.00000176. The van der Waals surface area contributed by atoms with Gasteiger partial charge in [0.2, 0.25) is 0 Å². The van der Waals surface area contributed by atoms with Crippen molar-refractivity contribution in [1.82, 2.24) is 10.2 Å². The van der Waals surface area contributed by atoms with E-state index >= 15 is 0 Å². The quantitative estimate of drug-likeness (QED) is 0.929. The molecule has 118 valence electrons. The molecule has 0 saturated carbocycles. The molecule has 1 aliphatic heterocycles. The second-order valence-electron chi connectivity index (χ2n) is 5.38. The average Bonchev–Trinajstić information content (AvgIpc) is 2.48. The first kappa shape index (κ1) is 16.9. The highest BCUT2D eigenvalue weighted by atomic mass is 35.5. The maximum absolute atomic E-state index is 13.4. The molecule has 0 aliphatic carbocycles. The van der Waals surface area contributed by atoms with Gasteiger partial charge in [0.05, 0.1) is 0 Å². The fourth-order valence-electron chi connectivity index (χ4n) is 2.85. The van der Waals surface area contributed by atoms with Crippen molar-refractivity contribution in [3.63, 3.8) is 0 Å². The molecule has 0 bridgehead atoms. The highest BCUT2D eigenvalue weighted by Gasteiger charge is 2.24. The molecule has 1 heterocycles. The van der Waals surface area contributed by atoms with Crippen LogP contribution in [0, 0.1) is 11.6 Å². The normalized spacial score (nSPS) is 18.7. The number of piperazine rings is 1. The summed E-state index contributed by atoms with van der Waals surface area (Å²) in [4.78, 5) is 2.26. The van der Waals surface area contributed by atoms with Crippen LogP contribution in [0.1, 0.15) is 17.2 Å². The van der Waals surface area contributed by atoms with Crippen LogP contribution in [0.4, 0.5) is 8.78 Å². The van der Waals surface area contributed by atoms with E-state index in [9.17, 15) is 8.78 Å². The third kappa shape index (κ3) is 4.03. The Morgan fingerprint density at radius 3 is 2.50 bits per heavy atom. The lowest BCUT2D eigenvalue weighted by molar-refractivity contribution is 0.153. The highest BCUT2D eigenvalue weighted by molar-refractivity contribution is 5.85. The first-order valence-electron chi connectivity index (χ1n) is 7.17. The van der Waals surface area contributed by atoms with Crippen molar-refractivity contribution in [2.24, 2.45) is 0 Å². The van der Waals surface area contributed by atoms with Gasteiger partial charge in [-0.05, 0) is 35.4 Å². The van der Waals surface area contributed by atoms with Gasteiger partial charge in [0.15, 0.2) is 0 Å². The standard InChI is InChI=1S/C17H18F2N2.ClH/c18-15-5-1-3-13(9-15)12-21-8-7-20-11-17(21)14-4-2-6-16(19)10-14;/h1-6,9-10,17,20H,7-8,11-12H2;1H. The molecule has 3 rings (SSSR count). The number of rotatable bonds is 3. The minimum absolute atomic E-state index is 0. The topological polar surface area (TPSA) is 15.3 Å². The number of nitrogens with one attached hydrogen (secondary N) is 1. The summed E-state index contributed by atoms with van der Waals surface area (Å²) in [5.41, 5.74) is 1.90. The molecule has 2 aromatic rings. The maximum Gasteiger partial charge on any atom is 0.123 e. The third-order valence-corrected chi connectivity index (χ3v) is 3.86. The van der Waals surface area contributed by atoms with Crippen molar-refractivity contribution in [2.45, 2.75) is 12.6 Å². The molecule has 1 N–H and O–H groups in total. The zero-order valence-electron chi connectivity index (χ0n) is 12.1. The smallest absolute Gasteiger partial charge is 0.123 e. The molecular formula is C17H19ClF2N2. The van der Waals surface area contributed by atoms with E-state index in [2.05, 4.69) is 10.2 Å². The molecule has 1 saturated heterocycles. The van der Waals surface area contributed by atoms with Crippen LogP contribution in [0.5, 0.6) is 0 Å². The molecule has 1 atom stereocenters. The number of hydrogen-bond donors (Lipinski definition) is 1. The minimum Gasteiger partial charge on any atom is -0.314 e. The maximum atomic E-state index is 13.4. The zero-order valence-corrected chi connectivity index (χ0v) is 13.0. The van der Waals surface area contributed by atoms with E-state index in [1.54, 1.807) is 24.3 Å². The summed E-state index contributed by atoms with van der Waals surface area (Å²) in [5.74, 6) is -0.436. The molecule has 1 unspecified atom stereocenters. The lowest BCUT2D eigenvalue weighted by Gasteiger charge is -2.36. The number of halogens is 3. The average molecular weight is 325 g/mol. The van der Waals surface area contributed by atoms with Gasteiger partial charge in [0.1, 0.15) is 11.6 Å². The van der Waals surface area contributed by atoms with E-state index in [4.69, 9.17) is 0 Å². The van der Waals surface area contributed by atoms with Gasteiger partial charge in [-0.1, -0.05) is 24.3 Å². The first-order valence-corrected chi connectivity index (χ1v) is 7.17. The zero-order chi connectivity index (χ0) is 14.7. The highest BCUT2D eigenvalue weighted by Crippen LogP contribution is 2.24. The molecule has 0 radical (unpaired) electrons. The number of nitrogens with zero attached hydrogens (tertiary/aromatic N) is 1. The van der Waals surface area contributed by atoms with Gasteiger partial charge in [0.25, 0.3) is 0 Å². The van der Waals surface area contributed by atoms with Crippen molar-refractivity contribution in [2.75, 3.05) is 19.6 Å². The Kier molecular flexibility index (Phi) is 5.89. The summed E-state index contributed by atoms with van der Waals surface area (Å²) < 4.78 is 26.8. The lowest BCUT2D eigenvalue weighted by atomic mass is 10.0. The van der Waals surface area contributed by atoms with Crippen molar-refractivity contribution in [1.29, 1.82) is 0 Å². The second-order valence-corrected chi connectivity index (χ2v) is 5.38. The van der Waals surface area contributed by atoms with E-state index in [1.165, 1.54) is 12.1 Å².